The van der Waals surface area contributed by atoms with Crippen molar-refractivity contribution >= 4 is 17.5 Å². The van der Waals surface area contributed by atoms with Crippen molar-refractivity contribution in [3.8, 4) is 16.9 Å². The number of carboxylic acids is 1. The quantitative estimate of drug-likeness (QED) is 0.340. The molecule has 6 nitrogen and oxygen atoms in total. The van der Waals surface area contributed by atoms with Gasteiger partial charge in [-0.15, -0.1) is 0 Å². The number of benzene rings is 3. The molecule has 3 aromatic rings. The largest absolute Gasteiger partial charge is 0.494 e. The number of rotatable bonds is 8. The smallest absolute Gasteiger partial charge is 0.330 e. The number of hydrogen-bond acceptors (Lipinski definition) is 4. The maximum Gasteiger partial charge on any atom is 0.330 e. The van der Waals surface area contributed by atoms with Crippen molar-refractivity contribution in [2.24, 2.45) is 5.73 Å². The van der Waals surface area contributed by atoms with E-state index in [1.807, 2.05) is 49.4 Å². The summed E-state index contributed by atoms with van der Waals surface area (Å²) in [5, 5.41) is 20.4. The molecule has 0 aliphatic rings. The molecule has 148 valence electrons. The summed E-state index contributed by atoms with van der Waals surface area (Å²) >= 11 is 0. The van der Waals surface area contributed by atoms with Gasteiger partial charge in [0.05, 0.1) is 6.61 Å². The summed E-state index contributed by atoms with van der Waals surface area (Å²) in [4.78, 5) is 12.0. The molecule has 0 amide bonds. The first-order chi connectivity index (χ1) is 14.0. The zero-order valence-corrected chi connectivity index (χ0v) is 16.1. The summed E-state index contributed by atoms with van der Waals surface area (Å²) in [5.41, 5.74) is 9.11. The maximum atomic E-state index is 12.0. The van der Waals surface area contributed by atoms with Crippen LogP contribution in [-0.4, -0.2) is 23.5 Å². The lowest BCUT2D eigenvalue weighted by molar-refractivity contribution is -0.138. The molecule has 1 unspecified atom stereocenters. The molecule has 0 bridgehead atoms. The Kier molecular flexibility index (Phi) is 6.14. The molecule has 0 aliphatic heterocycles. The first-order valence-corrected chi connectivity index (χ1v) is 9.25. The first kappa shape index (κ1) is 19.9. The van der Waals surface area contributed by atoms with Crippen LogP contribution in [-0.2, 0) is 4.79 Å². The fourth-order valence-electron chi connectivity index (χ4n) is 3.04. The number of hydrogen-bond donors (Lipinski definition) is 4. The Morgan fingerprint density at radius 3 is 2.34 bits per heavy atom. The first-order valence-electron chi connectivity index (χ1n) is 9.25. The third-order valence-electron chi connectivity index (χ3n) is 4.43. The van der Waals surface area contributed by atoms with Gasteiger partial charge in [-0.2, -0.15) is 0 Å². The van der Waals surface area contributed by atoms with E-state index < -0.39 is 12.0 Å². The van der Waals surface area contributed by atoms with Crippen LogP contribution in [0.25, 0.3) is 11.1 Å². The fourth-order valence-corrected chi connectivity index (χ4v) is 3.04. The maximum absolute atomic E-state index is 12.0. The molecule has 0 aliphatic carbocycles. The molecule has 0 aromatic heterocycles. The van der Waals surface area contributed by atoms with Gasteiger partial charge in [-0.1, -0.05) is 30.3 Å². The summed E-state index contributed by atoms with van der Waals surface area (Å²) in [5.74, 6) is -0.430. The molecule has 3 aromatic carbocycles. The Balaban J connectivity index is 1.98. The van der Waals surface area contributed by atoms with Crippen molar-refractivity contribution in [1.29, 1.82) is 5.41 Å². The van der Waals surface area contributed by atoms with Crippen molar-refractivity contribution in [3.05, 3.63) is 83.9 Å². The summed E-state index contributed by atoms with van der Waals surface area (Å²) in [6.07, 6.45) is 0. The molecule has 29 heavy (non-hydrogen) atoms. The Bertz CT molecular complexity index is 1000. The topological polar surface area (TPSA) is 108 Å². The third-order valence-corrected chi connectivity index (χ3v) is 4.43. The molecule has 3 rings (SSSR count). The predicted octanol–water partition coefficient (Wildman–Crippen LogP) is 4.27. The molecule has 5 N–H and O–H groups in total. The predicted molar refractivity (Wildman–Crippen MR) is 115 cm³/mol. The summed E-state index contributed by atoms with van der Waals surface area (Å²) in [7, 11) is 0. The van der Waals surface area contributed by atoms with E-state index in [0.29, 0.717) is 29.2 Å². The van der Waals surface area contributed by atoms with Gasteiger partial charge in [-0.25, -0.2) is 4.79 Å². The van der Waals surface area contributed by atoms with Gasteiger partial charge in [0.2, 0.25) is 0 Å². The second-order valence-corrected chi connectivity index (χ2v) is 6.50. The highest BCUT2D eigenvalue weighted by atomic mass is 16.5. The van der Waals surface area contributed by atoms with Crippen LogP contribution in [0.15, 0.2) is 72.8 Å². The standard InChI is InChI=1S/C23H23N3O3/c1-2-29-20-13-17(15-6-4-3-5-7-15)12-18(14-20)21(23(27)28)26-19-10-8-16(9-11-19)22(24)25/h3-14,21,26H,2H2,1H3,(H3,24,25)(H,27,28). The molecule has 0 fully saturated rings. The number of nitrogens with two attached hydrogens (primary N) is 1. The monoisotopic (exact) mass is 389 g/mol. The van der Waals surface area contributed by atoms with E-state index >= 15 is 0 Å². The lowest BCUT2D eigenvalue weighted by Crippen LogP contribution is -2.21. The minimum Gasteiger partial charge on any atom is -0.494 e. The van der Waals surface area contributed by atoms with Gasteiger partial charge in [0.15, 0.2) is 6.04 Å². The normalized spacial score (nSPS) is 11.5. The molecular formula is C23H23N3O3. The highest BCUT2D eigenvalue weighted by Crippen LogP contribution is 2.31. The Morgan fingerprint density at radius 1 is 1.07 bits per heavy atom. The number of anilines is 1. The second-order valence-electron chi connectivity index (χ2n) is 6.50. The van der Waals surface area contributed by atoms with Gasteiger partial charge in [0.1, 0.15) is 11.6 Å². The zero-order valence-electron chi connectivity index (χ0n) is 16.1. The van der Waals surface area contributed by atoms with Crippen LogP contribution < -0.4 is 15.8 Å². The summed E-state index contributed by atoms with van der Waals surface area (Å²) in [6, 6.07) is 21.0. The van der Waals surface area contributed by atoms with Crippen LogP contribution >= 0.6 is 0 Å². The van der Waals surface area contributed by atoms with Crippen LogP contribution in [0.2, 0.25) is 0 Å². The van der Waals surface area contributed by atoms with E-state index in [-0.39, 0.29) is 5.84 Å². The Morgan fingerprint density at radius 2 is 1.76 bits per heavy atom. The van der Waals surface area contributed by atoms with Crippen LogP contribution in [0.5, 0.6) is 5.75 Å². The number of carbonyl (C=O) groups is 1. The zero-order chi connectivity index (χ0) is 20.8. The van der Waals surface area contributed by atoms with Gasteiger partial charge in [-0.3, -0.25) is 5.41 Å². The van der Waals surface area contributed by atoms with Crippen LogP contribution in [0.3, 0.4) is 0 Å². The van der Waals surface area contributed by atoms with E-state index in [2.05, 4.69) is 5.32 Å². The number of nitrogens with one attached hydrogen (secondary N) is 2. The average Bonchev–Trinajstić information content (AvgIpc) is 2.72. The van der Waals surface area contributed by atoms with Crippen molar-refractivity contribution in [3.63, 3.8) is 0 Å². The third kappa shape index (κ3) is 4.93. The SMILES string of the molecule is CCOc1cc(-c2ccccc2)cc(C(Nc2ccc(C(=N)N)cc2)C(=O)O)c1. The molecule has 0 heterocycles. The number of ether oxygens (including phenoxy) is 1. The molecule has 0 saturated carbocycles. The average molecular weight is 389 g/mol. The summed E-state index contributed by atoms with van der Waals surface area (Å²) < 4.78 is 5.67. The lowest BCUT2D eigenvalue weighted by atomic mass is 9.98. The Labute approximate surface area is 169 Å². The van der Waals surface area contributed by atoms with Crippen LogP contribution in [0.4, 0.5) is 5.69 Å². The van der Waals surface area contributed by atoms with Gasteiger partial charge in [0, 0.05) is 11.3 Å². The highest BCUT2D eigenvalue weighted by Gasteiger charge is 2.21. The Hall–Kier alpha value is -3.80. The number of carboxylic acid groups (broad SMARTS) is 1. The van der Waals surface area contributed by atoms with Crippen molar-refractivity contribution in [1.82, 2.24) is 0 Å². The minimum absolute atomic E-state index is 0.0387. The molecular weight excluding hydrogens is 366 g/mol. The van der Waals surface area contributed by atoms with E-state index in [1.54, 1.807) is 30.3 Å². The molecule has 6 heteroatoms. The molecule has 1 atom stereocenters. The van der Waals surface area contributed by atoms with E-state index in [4.69, 9.17) is 15.9 Å². The second kappa shape index (κ2) is 8.93. The molecule has 0 saturated heterocycles. The lowest BCUT2D eigenvalue weighted by Gasteiger charge is -2.19. The van der Waals surface area contributed by atoms with E-state index in [1.165, 1.54) is 0 Å². The van der Waals surface area contributed by atoms with Crippen molar-refractivity contribution < 1.29 is 14.6 Å². The fraction of sp³-hybridized carbons (Fsp3) is 0.130. The van der Waals surface area contributed by atoms with Crippen molar-refractivity contribution in [2.45, 2.75) is 13.0 Å². The molecule has 0 radical (unpaired) electrons. The van der Waals surface area contributed by atoms with Crippen molar-refractivity contribution in [2.75, 3.05) is 11.9 Å². The van der Waals surface area contributed by atoms with Gasteiger partial charge < -0.3 is 20.9 Å². The minimum atomic E-state index is -1.01. The van der Waals surface area contributed by atoms with Gasteiger partial charge in [-0.05, 0) is 66.1 Å². The number of amidine groups is 1. The molecule has 0 spiro atoms. The van der Waals surface area contributed by atoms with E-state index in [0.717, 1.165) is 11.1 Å². The highest BCUT2D eigenvalue weighted by molar-refractivity contribution is 5.95. The number of aliphatic carboxylic acids is 1. The summed E-state index contributed by atoms with van der Waals surface area (Å²) in [6.45, 7) is 2.37. The van der Waals surface area contributed by atoms with Crippen LogP contribution in [0.1, 0.15) is 24.1 Å². The van der Waals surface area contributed by atoms with E-state index in [9.17, 15) is 9.90 Å². The number of nitrogen functional groups attached to an aromatic ring is 1. The van der Waals surface area contributed by atoms with Crippen LogP contribution in [0, 0.1) is 5.41 Å². The van der Waals surface area contributed by atoms with Gasteiger partial charge in [0.25, 0.3) is 0 Å². The van der Waals surface area contributed by atoms with Gasteiger partial charge >= 0.3 is 5.97 Å².